The van der Waals surface area contributed by atoms with Crippen molar-refractivity contribution in [2.45, 2.75) is 321 Å². The van der Waals surface area contributed by atoms with Gasteiger partial charge in [0.1, 0.15) is 13.2 Å². The van der Waals surface area contributed by atoms with Crippen LogP contribution in [0.3, 0.4) is 0 Å². The van der Waals surface area contributed by atoms with Gasteiger partial charge < -0.3 is 19.8 Å². The molecule has 0 aromatic carbocycles. The summed E-state index contributed by atoms with van der Waals surface area (Å²) in [6, 6.07) is -0.849. The Balaban J connectivity index is 4.13. The van der Waals surface area contributed by atoms with Crippen molar-refractivity contribution in [2.75, 3.05) is 40.9 Å². The summed E-state index contributed by atoms with van der Waals surface area (Å²) in [5.41, 5.74) is 0. The van der Waals surface area contributed by atoms with Gasteiger partial charge in [0, 0.05) is 6.42 Å². The number of aliphatic hydroxyl groups excluding tert-OH is 1. The molecule has 0 spiro atoms. The molecule has 436 valence electrons. The van der Waals surface area contributed by atoms with Crippen LogP contribution in [0, 0.1) is 0 Å². The maximum absolute atomic E-state index is 13.0. The third-order valence-electron chi connectivity index (χ3n) is 14.5. The first kappa shape index (κ1) is 72.5. The van der Waals surface area contributed by atoms with E-state index < -0.39 is 20.0 Å². The molecule has 8 nitrogen and oxygen atoms in total. The molecule has 0 fully saturated rings. The van der Waals surface area contributed by atoms with Crippen molar-refractivity contribution in [1.82, 2.24) is 5.32 Å². The van der Waals surface area contributed by atoms with Gasteiger partial charge in [-0.1, -0.05) is 294 Å². The molecule has 0 aliphatic rings. The molecule has 3 atom stereocenters. The van der Waals surface area contributed by atoms with E-state index in [-0.39, 0.29) is 19.1 Å². The van der Waals surface area contributed by atoms with Gasteiger partial charge in [0.2, 0.25) is 5.91 Å². The largest absolute Gasteiger partial charge is 0.472 e. The standard InChI is InChI=1S/C65H125N2O6P/c1-6-8-10-12-14-16-18-20-22-24-26-28-30-31-32-33-34-35-37-39-41-43-45-47-49-51-53-55-57-59-65(69)66-63(62-73-74(70,71)72-61-60-67(3,4)5)64(68)58-56-54-52-50-48-46-44-42-40-38-36-29-27-25-23-21-19-17-15-13-11-9-7-2/h18,20,24,26,30-31,56,58,63-64,68H,6-17,19,21-23,25,27-29,32-55,57,59-62H2,1-5H3,(H-,66,69,70,71)/p+1/b20-18-,26-24-,31-30-,58-56+. The van der Waals surface area contributed by atoms with Crippen LogP contribution in [-0.4, -0.2) is 73.4 Å². The molecule has 0 aliphatic carbocycles. The summed E-state index contributed by atoms with van der Waals surface area (Å²) in [7, 11) is 1.58. The van der Waals surface area contributed by atoms with E-state index in [1.54, 1.807) is 6.08 Å². The van der Waals surface area contributed by atoms with Crippen molar-refractivity contribution in [3.63, 3.8) is 0 Å². The lowest BCUT2D eigenvalue weighted by molar-refractivity contribution is -0.870. The Bertz CT molecular complexity index is 1340. The average Bonchev–Trinajstić information content (AvgIpc) is 3.36. The maximum Gasteiger partial charge on any atom is 0.472 e. The van der Waals surface area contributed by atoms with Gasteiger partial charge in [-0.25, -0.2) is 4.57 Å². The zero-order valence-electron chi connectivity index (χ0n) is 49.8. The maximum atomic E-state index is 13.0. The van der Waals surface area contributed by atoms with Gasteiger partial charge >= 0.3 is 7.82 Å². The molecule has 0 heterocycles. The molecule has 1 amide bonds. The van der Waals surface area contributed by atoms with E-state index in [0.717, 1.165) is 51.4 Å². The highest BCUT2D eigenvalue weighted by Gasteiger charge is 2.28. The fourth-order valence-electron chi connectivity index (χ4n) is 9.52. The number of aliphatic hydroxyl groups is 1. The number of hydrogen-bond acceptors (Lipinski definition) is 5. The third-order valence-corrected chi connectivity index (χ3v) is 15.5. The van der Waals surface area contributed by atoms with Crippen molar-refractivity contribution in [2.24, 2.45) is 0 Å². The van der Waals surface area contributed by atoms with Crippen molar-refractivity contribution in [1.29, 1.82) is 0 Å². The first-order valence-corrected chi connectivity index (χ1v) is 33.5. The average molecular weight is 1060 g/mol. The summed E-state index contributed by atoms with van der Waals surface area (Å²) >= 11 is 0. The van der Waals surface area contributed by atoms with Crippen LogP contribution in [0.25, 0.3) is 0 Å². The first-order chi connectivity index (χ1) is 36.0. The molecule has 0 aliphatic heterocycles. The van der Waals surface area contributed by atoms with Gasteiger partial charge in [-0.05, 0) is 57.8 Å². The Morgan fingerprint density at radius 2 is 0.770 bits per heavy atom. The molecule has 3 N–H and O–H groups in total. The van der Waals surface area contributed by atoms with Gasteiger partial charge in [0.05, 0.1) is 39.9 Å². The number of allylic oxidation sites excluding steroid dienone is 7. The molecule has 3 unspecified atom stereocenters. The molecule has 0 saturated carbocycles. The molecule has 0 radical (unpaired) electrons. The number of hydrogen-bond donors (Lipinski definition) is 3. The topological polar surface area (TPSA) is 105 Å². The number of amides is 1. The molecule has 0 saturated heterocycles. The monoisotopic (exact) mass is 1060 g/mol. The molecule has 0 rings (SSSR count). The van der Waals surface area contributed by atoms with E-state index in [9.17, 15) is 19.4 Å². The number of nitrogens with one attached hydrogen (secondary N) is 1. The van der Waals surface area contributed by atoms with Crippen LogP contribution >= 0.6 is 7.82 Å². The van der Waals surface area contributed by atoms with E-state index >= 15 is 0 Å². The van der Waals surface area contributed by atoms with E-state index in [1.165, 1.54) is 238 Å². The molecule has 9 heteroatoms. The smallest absolute Gasteiger partial charge is 0.387 e. The van der Waals surface area contributed by atoms with Gasteiger partial charge in [0.25, 0.3) is 0 Å². The fourth-order valence-corrected chi connectivity index (χ4v) is 10.3. The van der Waals surface area contributed by atoms with E-state index in [2.05, 4.69) is 55.6 Å². The number of phosphoric acid groups is 1. The highest BCUT2D eigenvalue weighted by Crippen LogP contribution is 2.43. The lowest BCUT2D eigenvalue weighted by Gasteiger charge is -2.25. The van der Waals surface area contributed by atoms with Crippen molar-refractivity contribution in [3.8, 4) is 0 Å². The predicted molar refractivity (Wildman–Crippen MR) is 323 cm³/mol. The normalized spacial score (nSPS) is 14.1. The second kappa shape index (κ2) is 56.2. The second-order valence-electron chi connectivity index (χ2n) is 23.1. The van der Waals surface area contributed by atoms with Crippen molar-refractivity contribution in [3.05, 3.63) is 48.6 Å². The van der Waals surface area contributed by atoms with Crippen LogP contribution in [-0.2, 0) is 18.4 Å². The van der Waals surface area contributed by atoms with Gasteiger partial charge in [-0.2, -0.15) is 0 Å². The second-order valence-corrected chi connectivity index (χ2v) is 24.6. The predicted octanol–water partition coefficient (Wildman–Crippen LogP) is 19.9. The summed E-state index contributed by atoms with van der Waals surface area (Å²) in [6.07, 6.45) is 75.1. The highest BCUT2D eigenvalue weighted by molar-refractivity contribution is 7.47. The van der Waals surface area contributed by atoms with Gasteiger partial charge in [0.15, 0.2) is 0 Å². The third kappa shape index (κ3) is 58.1. The molecule has 0 aromatic rings. The molecular weight excluding hydrogens is 936 g/mol. The Morgan fingerprint density at radius 1 is 0.459 bits per heavy atom. The van der Waals surface area contributed by atoms with Crippen LogP contribution in [0.5, 0.6) is 0 Å². The summed E-state index contributed by atoms with van der Waals surface area (Å²) in [5.74, 6) is -0.174. The van der Waals surface area contributed by atoms with E-state index in [4.69, 9.17) is 9.05 Å². The van der Waals surface area contributed by atoms with Crippen LogP contribution in [0.15, 0.2) is 48.6 Å². The SMILES string of the molecule is CCCCCCC/C=C\C/C=C\C/C=C\CCCCCCCCCCCCCCCCC(=O)NC(COP(=O)(O)OCC[N+](C)(C)C)C(O)/C=C/CCCCCCCCCCCCCCCCCCCCCCC. The van der Waals surface area contributed by atoms with E-state index in [0.29, 0.717) is 17.4 Å². The van der Waals surface area contributed by atoms with E-state index in [1.807, 2.05) is 27.2 Å². The van der Waals surface area contributed by atoms with Gasteiger partial charge in [-0.15, -0.1) is 0 Å². The Kier molecular flexibility index (Phi) is 55.0. The minimum absolute atomic E-state index is 0.0616. The van der Waals surface area contributed by atoms with Crippen LogP contribution in [0.4, 0.5) is 0 Å². The zero-order valence-corrected chi connectivity index (χ0v) is 50.7. The van der Waals surface area contributed by atoms with Crippen molar-refractivity contribution >= 4 is 13.7 Å². The highest BCUT2D eigenvalue weighted by atomic mass is 31.2. The van der Waals surface area contributed by atoms with Crippen LogP contribution in [0.1, 0.15) is 309 Å². The minimum Gasteiger partial charge on any atom is -0.387 e. The Morgan fingerprint density at radius 3 is 1.12 bits per heavy atom. The number of carbonyl (C=O) groups is 1. The fraction of sp³-hybridized carbons (Fsp3) is 0.862. The number of nitrogens with zero attached hydrogens (tertiary/aromatic N) is 1. The summed E-state index contributed by atoms with van der Waals surface area (Å²) in [4.78, 5) is 23.4. The number of unbranched alkanes of at least 4 members (excludes halogenated alkanes) is 40. The zero-order chi connectivity index (χ0) is 54.2. The van der Waals surface area contributed by atoms with Crippen LogP contribution < -0.4 is 5.32 Å². The Labute approximate surface area is 460 Å². The number of rotatable bonds is 59. The number of carbonyl (C=O) groups excluding carboxylic acids is 1. The van der Waals surface area contributed by atoms with Gasteiger partial charge in [-0.3, -0.25) is 13.8 Å². The quantitative estimate of drug-likeness (QED) is 0.0243. The van der Waals surface area contributed by atoms with Crippen LogP contribution in [0.2, 0.25) is 0 Å². The van der Waals surface area contributed by atoms with Crippen molar-refractivity contribution < 1.29 is 32.9 Å². The summed E-state index contributed by atoms with van der Waals surface area (Å²) in [6.45, 7) is 4.84. The first-order valence-electron chi connectivity index (χ1n) is 32.0. The lowest BCUT2D eigenvalue weighted by atomic mass is 10.0. The molecular formula is C65H126N2O6P+. The molecule has 0 bridgehead atoms. The molecule has 74 heavy (non-hydrogen) atoms. The number of likely N-dealkylation sites (N-methyl/N-ethyl adjacent to an activating group) is 1. The molecule has 0 aromatic heterocycles. The lowest BCUT2D eigenvalue weighted by Crippen LogP contribution is -2.45. The minimum atomic E-state index is -4.35. The Hall–Kier alpha value is -1.54. The summed E-state index contributed by atoms with van der Waals surface area (Å²) < 4.78 is 23.8. The summed E-state index contributed by atoms with van der Waals surface area (Å²) in [5, 5.41) is 14.0. The number of quaternary nitrogens is 1. The number of phosphoric ester groups is 1.